The fourth-order valence-corrected chi connectivity index (χ4v) is 10.6. The molecule has 3 fully saturated rings. The number of thiophene rings is 1. The number of rotatable bonds is 6. The van der Waals surface area contributed by atoms with Gasteiger partial charge < -0.3 is 10.2 Å². The van der Waals surface area contributed by atoms with Crippen LogP contribution in [0.15, 0.2) is 54.1 Å². The maximum absolute atomic E-state index is 14.9. The summed E-state index contributed by atoms with van der Waals surface area (Å²) >= 11 is 14.6. The number of phenolic OH excluding ortho intramolecular Hbond substituents is 1. The average Bonchev–Trinajstić information content (AvgIpc) is 3.74. The molecule has 4 aliphatic rings. The van der Waals surface area contributed by atoms with Crippen LogP contribution in [0.5, 0.6) is 5.75 Å². The summed E-state index contributed by atoms with van der Waals surface area (Å²) in [5.41, 5.74) is 1.47. The molecule has 6 atom stereocenters. The van der Waals surface area contributed by atoms with E-state index in [0.717, 1.165) is 31.0 Å². The second kappa shape index (κ2) is 11.8. The van der Waals surface area contributed by atoms with Gasteiger partial charge in [-0.1, -0.05) is 40.9 Å². The van der Waals surface area contributed by atoms with Gasteiger partial charge in [-0.05, 0) is 79.5 Å². The van der Waals surface area contributed by atoms with Crippen molar-refractivity contribution in [2.75, 3.05) is 11.4 Å². The Kier molecular flexibility index (Phi) is 7.75. The Hall–Kier alpha value is -4.52. The number of carbonyl (C=O) groups excluding carboxylic acids is 4. The quantitative estimate of drug-likeness (QED) is 0.172. The number of fused-ring (bicyclic) bond motifs is 5. The number of allylic oxidation sites excluding steroid dienone is 2. The van der Waals surface area contributed by atoms with Crippen molar-refractivity contribution in [3.05, 3.63) is 75.3 Å². The summed E-state index contributed by atoms with van der Waals surface area (Å²) in [6.07, 6.45) is 1.86. The Bertz CT molecular complexity index is 2280. The van der Waals surface area contributed by atoms with Crippen molar-refractivity contribution in [2.24, 2.45) is 36.1 Å². The molecule has 4 amide bonds. The van der Waals surface area contributed by atoms with Gasteiger partial charge >= 0.3 is 5.97 Å². The molecule has 2 N–H and O–H groups in total. The van der Waals surface area contributed by atoms with Gasteiger partial charge in [0.2, 0.25) is 23.6 Å². The number of imide groups is 2. The van der Waals surface area contributed by atoms with Crippen LogP contribution in [-0.4, -0.2) is 61.0 Å². The van der Waals surface area contributed by atoms with Crippen LogP contribution in [0.4, 0.5) is 5.82 Å². The van der Waals surface area contributed by atoms with Crippen molar-refractivity contribution >= 4 is 80.0 Å². The number of halogens is 2. The Balaban J connectivity index is 1.23. The highest BCUT2D eigenvalue weighted by molar-refractivity contribution is 7.22. The molecule has 1 saturated carbocycles. The first-order valence-corrected chi connectivity index (χ1v) is 18.2. The highest BCUT2D eigenvalue weighted by Crippen LogP contribution is 2.64. The van der Waals surface area contributed by atoms with E-state index in [4.69, 9.17) is 28.3 Å². The minimum Gasteiger partial charge on any atom is -0.508 e. The molecule has 0 bridgehead atoms. The number of carbonyl (C=O) groups is 5. The molecule has 51 heavy (non-hydrogen) atoms. The number of hydrogen-bond acceptors (Lipinski definition) is 8. The number of aliphatic carboxylic acids is 1. The lowest BCUT2D eigenvalue weighted by Crippen LogP contribution is -2.49. The lowest BCUT2D eigenvalue weighted by atomic mass is 9.51. The minimum atomic E-state index is -1.35. The molecule has 4 heterocycles. The van der Waals surface area contributed by atoms with Crippen molar-refractivity contribution < 1.29 is 34.2 Å². The number of carboxylic acids is 1. The number of aromatic nitrogens is 2. The number of likely N-dealkylation sites (tertiary alicyclic amines) is 1. The van der Waals surface area contributed by atoms with Gasteiger partial charge in [-0.3, -0.25) is 33.6 Å². The number of phenols is 1. The zero-order valence-corrected chi connectivity index (χ0v) is 30.1. The molecule has 11 nitrogen and oxygen atoms in total. The van der Waals surface area contributed by atoms with Crippen LogP contribution in [-0.2, 0) is 31.0 Å². The van der Waals surface area contributed by atoms with E-state index in [2.05, 4.69) is 0 Å². The van der Waals surface area contributed by atoms with Gasteiger partial charge in [-0.15, -0.1) is 11.3 Å². The molecule has 2 aromatic heterocycles. The van der Waals surface area contributed by atoms with E-state index in [1.54, 1.807) is 26.1 Å². The second-order valence-corrected chi connectivity index (χ2v) is 15.9. The number of anilines is 1. The van der Waals surface area contributed by atoms with Crippen LogP contribution in [0.1, 0.15) is 43.2 Å². The van der Waals surface area contributed by atoms with Crippen LogP contribution in [0.2, 0.25) is 10.0 Å². The largest absolute Gasteiger partial charge is 0.508 e. The van der Waals surface area contributed by atoms with Crippen molar-refractivity contribution in [3.63, 3.8) is 0 Å². The first kappa shape index (κ1) is 33.6. The summed E-state index contributed by atoms with van der Waals surface area (Å²) < 4.78 is 2.54. The summed E-state index contributed by atoms with van der Waals surface area (Å²) in [6, 6.07) is 11.9. The molecule has 2 aliphatic heterocycles. The van der Waals surface area contributed by atoms with E-state index in [-0.39, 0.29) is 36.6 Å². The van der Waals surface area contributed by atoms with Gasteiger partial charge in [0.25, 0.3) is 0 Å². The van der Waals surface area contributed by atoms with Crippen LogP contribution < -0.4 is 4.90 Å². The van der Waals surface area contributed by atoms with E-state index >= 15 is 0 Å². The fraction of sp³-hybridized carbons (Fsp3) is 0.351. The van der Waals surface area contributed by atoms with E-state index in [1.807, 2.05) is 31.2 Å². The summed E-state index contributed by atoms with van der Waals surface area (Å²) in [5, 5.41) is 26.1. The highest BCUT2D eigenvalue weighted by atomic mass is 35.5. The van der Waals surface area contributed by atoms with E-state index in [0.29, 0.717) is 22.1 Å². The van der Waals surface area contributed by atoms with Crippen molar-refractivity contribution in [1.29, 1.82) is 0 Å². The second-order valence-electron chi connectivity index (χ2n) is 14.0. The normalized spacial score (nSPS) is 27.2. The van der Waals surface area contributed by atoms with Crippen LogP contribution in [0.25, 0.3) is 20.7 Å². The maximum atomic E-state index is 14.9. The van der Waals surface area contributed by atoms with E-state index < -0.39 is 64.6 Å². The van der Waals surface area contributed by atoms with Gasteiger partial charge in [0.05, 0.1) is 34.5 Å². The molecule has 0 radical (unpaired) electrons. The number of hydrogen-bond donors (Lipinski definition) is 2. The third-order valence-corrected chi connectivity index (χ3v) is 13.3. The fourth-order valence-electron chi connectivity index (χ4n) is 9.04. The Morgan fingerprint density at radius 2 is 1.80 bits per heavy atom. The van der Waals surface area contributed by atoms with Gasteiger partial charge in [0, 0.05) is 40.3 Å². The Labute approximate surface area is 306 Å². The van der Waals surface area contributed by atoms with E-state index in [1.165, 1.54) is 33.1 Å². The van der Waals surface area contributed by atoms with E-state index in [9.17, 15) is 34.2 Å². The predicted octanol–water partition coefficient (Wildman–Crippen LogP) is 6.33. The summed E-state index contributed by atoms with van der Waals surface area (Å²) in [5.74, 6) is -6.47. The molecule has 6 unspecified atom stereocenters. The smallest absolute Gasteiger partial charge is 0.305 e. The average molecular weight is 748 g/mol. The molecule has 2 aromatic carbocycles. The van der Waals surface area contributed by atoms with Crippen molar-refractivity contribution in [2.45, 2.75) is 39.0 Å². The lowest BCUT2D eigenvalue weighted by molar-refractivity contribution is -0.142. The summed E-state index contributed by atoms with van der Waals surface area (Å²) in [4.78, 5) is 71.5. The first-order chi connectivity index (χ1) is 24.2. The standard InChI is InChI=1S/C37H32Cl2N4O7S/c1-16-22-12-17(38)4-9-27(22)51-32(16)26-15-28(41(3)40-26)43-34(48)24-14-23-19(7-8-21-30(23)35(49)42(33(21)47)11-10-29(45)46)31(37(24,2)36(43)50)20-6-5-18(44)13-25(20)39/h4-7,9,12-13,15,21,23-24,30-31,44H,8,10-11,14H2,1-3H3,(H,45,46). The Morgan fingerprint density at radius 3 is 2.53 bits per heavy atom. The zero-order chi connectivity index (χ0) is 36.3. The zero-order valence-electron chi connectivity index (χ0n) is 27.7. The molecule has 14 heteroatoms. The molecule has 262 valence electrons. The van der Waals surface area contributed by atoms with Crippen LogP contribution in [0.3, 0.4) is 0 Å². The van der Waals surface area contributed by atoms with Crippen molar-refractivity contribution in [1.82, 2.24) is 14.7 Å². The number of nitrogens with zero attached hydrogens (tertiary/aromatic N) is 4. The van der Waals surface area contributed by atoms with Crippen molar-refractivity contribution in [3.8, 4) is 16.3 Å². The van der Waals surface area contributed by atoms with Gasteiger partial charge in [0.15, 0.2) is 0 Å². The third kappa shape index (κ3) is 4.83. The number of benzene rings is 2. The van der Waals surface area contributed by atoms with Crippen LogP contribution in [0, 0.1) is 36.0 Å². The first-order valence-electron chi connectivity index (χ1n) is 16.6. The molecule has 2 aliphatic carbocycles. The topological polar surface area (TPSA) is 150 Å². The molecule has 4 aromatic rings. The summed E-state index contributed by atoms with van der Waals surface area (Å²) in [6.45, 7) is 3.50. The molecule has 2 saturated heterocycles. The molecular weight excluding hydrogens is 715 g/mol. The maximum Gasteiger partial charge on any atom is 0.305 e. The molecule has 8 rings (SSSR count). The molecular formula is C37H32Cl2N4O7S. The van der Waals surface area contributed by atoms with Crippen LogP contribution >= 0.6 is 34.5 Å². The third-order valence-electron chi connectivity index (χ3n) is 11.4. The Morgan fingerprint density at radius 1 is 1.04 bits per heavy atom. The van der Waals surface area contributed by atoms with Gasteiger partial charge in [0.1, 0.15) is 17.3 Å². The highest BCUT2D eigenvalue weighted by Gasteiger charge is 2.68. The SMILES string of the molecule is Cc1c(-c2cc(N3C(=O)C4CC5C(=CCC6C(=O)N(CCC(=O)O)C(=O)C65)C(c5ccc(O)cc5Cl)C4(C)C3=O)n(C)n2)sc2ccc(Cl)cc12. The number of carboxylic acid groups (broad SMARTS) is 1. The number of aryl methyl sites for hydroxylation is 2. The number of aromatic hydroxyl groups is 1. The number of amides is 4. The monoisotopic (exact) mass is 746 g/mol. The summed E-state index contributed by atoms with van der Waals surface area (Å²) in [7, 11) is 1.68. The predicted molar refractivity (Wildman–Crippen MR) is 190 cm³/mol. The lowest BCUT2D eigenvalue weighted by Gasteiger charge is -2.49. The molecule has 0 spiro atoms. The van der Waals surface area contributed by atoms with Gasteiger partial charge in [-0.2, -0.15) is 5.10 Å². The van der Waals surface area contributed by atoms with Gasteiger partial charge in [-0.25, -0.2) is 4.90 Å². The minimum absolute atomic E-state index is 0.0715.